The van der Waals surface area contributed by atoms with Crippen LogP contribution in [0.4, 0.5) is 23.2 Å². The molecule has 3 aliphatic rings. The van der Waals surface area contributed by atoms with Gasteiger partial charge in [0.1, 0.15) is 51.7 Å². The molecule has 2 aromatic heterocycles. The second-order valence-corrected chi connectivity index (χ2v) is 16.4. The van der Waals surface area contributed by atoms with Crippen LogP contribution in [-0.2, 0) is 20.6 Å². The van der Waals surface area contributed by atoms with Crippen molar-refractivity contribution in [2.45, 2.75) is 102 Å². The fourth-order valence-corrected chi connectivity index (χ4v) is 8.78. The Kier molecular flexibility index (Phi) is 11.4. The van der Waals surface area contributed by atoms with Crippen molar-refractivity contribution in [2.24, 2.45) is 5.92 Å². The lowest BCUT2D eigenvalue weighted by Gasteiger charge is -2.30. The number of carboxylic acids is 1. The largest absolute Gasteiger partial charge is 0.496 e. The summed E-state index contributed by atoms with van der Waals surface area (Å²) in [5.41, 5.74) is -0.201. The van der Waals surface area contributed by atoms with Crippen LogP contribution in [0.15, 0.2) is 53.9 Å². The van der Waals surface area contributed by atoms with E-state index in [-0.39, 0.29) is 37.4 Å². The highest BCUT2D eigenvalue weighted by molar-refractivity contribution is 7.13. The van der Waals surface area contributed by atoms with E-state index in [1.165, 1.54) is 16.2 Å². The number of thiazole rings is 1. The average Bonchev–Trinajstić information content (AvgIpc) is 3.45. The van der Waals surface area contributed by atoms with Crippen molar-refractivity contribution in [2.75, 3.05) is 19.0 Å². The van der Waals surface area contributed by atoms with E-state index in [1.54, 1.807) is 25.3 Å². The van der Waals surface area contributed by atoms with Gasteiger partial charge in [0.05, 0.1) is 30.4 Å². The predicted octanol–water partition coefficient (Wildman–Crippen LogP) is 8.27. The molecule has 16 heteroatoms. The maximum absolute atomic E-state index is 14.7. The van der Waals surface area contributed by atoms with Crippen molar-refractivity contribution in [1.82, 2.24) is 20.2 Å². The number of halogens is 4. The van der Waals surface area contributed by atoms with Crippen LogP contribution in [0.5, 0.6) is 11.5 Å². The number of rotatable bonds is 8. The Balaban J connectivity index is 1.26. The average molecular weight is 824 g/mol. The van der Waals surface area contributed by atoms with Crippen LogP contribution in [0.2, 0.25) is 0 Å². The van der Waals surface area contributed by atoms with E-state index < -0.39 is 65.0 Å². The minimum atomic E-state index is -4.84. The number of amides is 2. The van der Waals surface area contributed by atoms with Gasteiger partial charge in [0.25, 0.3) is 0 Å². The summed E-state index contributed by atoms with van der Waals surface area (Å²) in [6.07, 6.45) is 0.901. The maximum atomic E-state index is 14.7. The van der Waals surface area contributed by atoms with Crippen LogP contribution < -0.4 is 20.1 Å². The zero-order valence-electron chi connectivity index (χ0n) is 32.5. The molecule has 3 N–H and O–H groups in total. The van der Waals surface area contributed by atoms with E-state index in [0.29, 0.717) is 64.9 Å². The van der Waals surface area contributed by atoms with Gasteiger partial charge in [-0.05, 0) is 68.9 Å². The first-order valence-corrected chi connectivity index (χ1v) is 20.2. The zero-order valence-corrected chi connectivity index (χ0v) is 33.3. The minimum absolute atomic E-state index is 0.0261. The monoisotopic (exact) mass is 823 g/mol. The van der Waals surface area contributed by atoms with E-state index in [9.17, 15) is 37.1 Å². The number of alkyl halides is 3. The quantitative estimate of drug-likeness (QED) is 0.118. The number of ether oxygens (including phenoxy) is 2. The topological polar surface area (TPSA) is 143 Å². The van der Waals surface area contributed by atoms with Crippen molar-refractivity contribution in [3.8, 4) is 22.2 Å². The standard InChI is InChI=1S/C42H45F4N5O6S/c1-22(2)32-21-58-38(49-32)31-18-35(29-12-13-34(56-4)23(3)36(29)48-31)57-28-17-33-37(52)50-41(40(54)55)19-24(41)10-8-6-5-7-9-11-30(39(53)51(33)20-28)47-27-15-25(42(44,45)46)14-26(43)16-27/h8,10,12-16,18,21-22,24,28,30,33,47H,5-7,9,11,17,19-20H2,1-4H3,(H,50,52)(H,54,55)/t24-,28-,30+,33+,41-/m1/s1. The van der Waals surface area contributed by atoms with Gasteiger partial charge in [0.15, 0.2) is 0 Å². The number of pyridine rings is 1. The number of carbonyl (C=O) groups is 3. The van der Waals surface area contributed by atoms with Crippen molar-refractivity contribution in [1.29, 1.82) is 0 Å². The first-order chi connectivity index (χ1) is 27.6. The number of fused-ring (bicyclic) bond motifs is 3. The number of carboxylic acid groups (broad SMARTS) is 1. The third-order valence-electron chi connectivity index (χ3n) is 11.2. The molecule has 4 aromatic rings. The highest BCUT2D eigenvalue weighted by atomic mass is 32.1. The van der Waals surface area contributed by atoms with Gasteiger partial charge in [-0.1, -0.05) is 38.8 Å². The Hall–Kier alpha value is -5.25. The number of benzene rings is 2. The third-order valence-corrected chi connectivity index (χ3v) is 12.1. The molecular formula is C42H45F4N5O6S. The molecule has 5 atom stereocenters. The molecule has 4 heterocycles. The highest BCUT2D eigenvalue weighted by Crippen LogP contribution is 2.46. The molecule has 0 bridgehead atoms. The molecule has 58 heavy (non-hydrogen) atoms. The molecule has 308 valence electrons. The second kappa shape index (κ2) is 16.2. The number of nitrogens with zero attached hydrogens (tertiary/aromatic N) is 3. The van der Waals surface area contributed by atoms with Crippen molar-refractivity contribution < 1.29 is 46.5 Å². The second-order valence-electron chi connectivity index (χ2n) is 15.6. The number of carbonyl (C=O) groups excluding carboxylic acids is 2. The number of hydrogen-bond acceptors (Lipinski definition) is 9. The molecule has 1 saturated carbocycles. The van der Waals surface area contributed by atoms with Gasteiger partial charge >= 0.3 is 12.1 Å². The van der Waals surface area contributed by atoms with Crippen LogP contribution in [0.25, 0.3) is 21.6 Å². The summed E-state index contributed by atoms with van der Waals surface area (Å²) in [7, 11) is 1.56. The Labute approximate surface area is 336 Å². The Morgan fingerprint density at radius 3 is 2.60 bits per heavy atom. The molecule has 1 saturated heterocycles. The number of aryl methyl sites for hydroxylation is 1. The summed E-state index contributed by atoms with van der Waals surface area (Å²) < 4.78 is 67.9. The number of anilines is 1. The maximum Gasteiger partial charge on any atom is 0.416 e. The van der Waals surface area contributed by atoms with E-state index in [1.807, 2.05) is 38.3 Å². The Morgan fingerprint density at radius 1 is 1.10 bits per heavy atom. The predicted molar refractivity (Wildman–Crippen MR) is 210 cm³/mol. The number of aromatic nitrogens is 2. The SMILES string of the molecule is COc1ccc2c(O[C@@H]3C[C@H]4C(=O)N[C@]5(C(=O)O)C[C@H]5C=CCCCCC[C@H](Nc5cc(F)cc(C(F)(F)F)c5)C(=O)N4C3)cc(-c3nc(C(C)C)cs3)nc2c1C. The van der Waals surface area contributed by atoms with Crippen LogP contribution in [-0.4, -0.2) is 75.1 Å². The number of methoxy groups -OCH3 is 1. The summed E-state index contributed by atoms with van der Waals surface area (Å²) in [4.78, 5) is 52.5. The lowest BCUT2D eigenvalue weighted by atomic mass is 10.0. The van der Waals surface area contributed by atoms with Crippen LogP contribution in [0.3, 0.4) is 0 Å². The molecule has 0 unspecified atom stereocenters. The fourth-order valence-electron chi connectivity index (χ4n) is 7.84. The van der Waals surface area contributed by atoms with Gasteiger partial charge in [0, 0.05) is 40.4 Å². The zero-order chi connectivity index (χ0) is 41.5. The molecule has 7 rings (SSSR count). The summed E-state index contributed by atoms with van der Waals surface area (Å²) in [5.74, 6) is -2.86. The van der Waals surface area contributed by atoms with E-state index in [4.69, 9.17) is 19.4 Å². The van der Waals surface area contributed by atoms with Gasteiger partial charge in [-0.15, -0.1) is 11.3 Å². The Bertz CT molecular complexity index is 2260. The smallest absolute Gasteiger partial charge is 0.416 e. The molecule has 11 nitrogen and oxygen atoms in total. The van der Waals surface area contributed by atoms with E-state index in [2.05, 4.69) is 10.6 Å². The molecular weight excluding hydrogens is 779 g/mol. The third kappa shape index (κ3) is 8.34. The van der Waals surface area contributed by atoms with Gasteiger partial charge in [-0.3, -0.25) is 9.59 Å². The highest BCUT2D eigenvalue weighted by Gasteiger charge is 2.61. The van der Waals surface area contributed by atoms with Gasteiger partial charge in [0.2, 0.25) is 11.8 Å². The summed E-state index contributed by atoms with van der Waals surface area (Å²) in [6.45, 7) is 5.85. The summed E-state index contributed by atoms with van der Waals surface area (Å²) in [6, 6.07) is 5.04. The number of nitrogens with one attached hydrogen (secondary N) is 2. The van der Waals surface area contributed by atoms with E-state index in [0.717, 1.165) is 23.4 Å². The van der Waals surface area contributed by atoms with Gasteiger partial charge < -0.3 is 30.1 Å². The van der Waals surface area contributed by atoms with Crippen LogP contribution >= 0.6 is 11.3 Å². The van der Waals surface area contributed by atoms with Crippen LogP contribution in [0, 0.1) is 18.7 Å². The molecule has 1 aliphatic carbocycles. The van der Waals surface area contributed by atoms with Gasteiger partial charge in [-0.2, -0.15) is 13.2 Å². The molecule has 2 fully saturated rings. The number of allylic oxidation sites excluding steroid dienone is 1. The fraction of sp³-hybridized carbons (Fsp3) is 0.452. The number of aliphatic carboxylic acids is 1. The summed E-state index contributed by atoms with van der Waals surface area (Å²) in [5, 5.41) is 19.1. The van der Waals surface area contributed by atoms with Crippen molar-refractivity contribution in [3.05, 3.63) is 76.6 Å². The molecule has 2 aliphatic heterocycles. The van der Waals surface area contributed by atoms with Gasteiger partial charge in [-0.25, -0.2) is 19.2 Å². The molecule has 2 amide bonds. The first kappa shape index (κ1) is 40.9. The van der Waals surface area contributed by atoms with Crippen molar-refractivity contribution in [3.63, 3.8) is 0 Å². The Morgan fingerprint density at radius 2 is 1.90 bits per heavy atom. The lowest BCUT2D eigenvalue weighted by molar-refractivity contribution is -0.145. The number of hydrogen-bond donors (Lipinski definition) is 3. The normalized spacial score (nSPS) is 24.1. The first-order valence-electron chi connectivity index (χ1n) is 19.4. The lowest BCUT2D eigenvalue weighted by Crippen LogP contribution is -2.55. The molecule has 0 spiro atoms. The van der Waals surface area contributed by atoms with Crippen LogP contribution in [0.1, 0.15) is 81.5 Å². The van der Waals surface area contributed by atoms with E-state index >= 15 is 0 Å². The minimum Gasteiger partial charge on any atom is -0.496 e. The van der Waals surface area contributed by atoms with Crippen molar-refractivity contribution >= 4 is 45.7 Å². The molecule has 0 radical (unpaired) electrons. The summed E-state index contributed by atoms with van der Waals surface area (Å²) >= 11 is 1.44. The molecule has 2 aromatic carbocycles.